The van der Waals surface area contributed by atoms with Gasteiger partial charge in [-0.3, -0.25) is 0 Å². The van der Waals surface area contributed by atoms with Gasteiger partial charge in [-0.05, 0) is 12.1 Å². The molecule has 1 atom stereocenters. The molecular weight excluding hydrogens is 193 g/mol. The van der Waals surface area contributed by atoms with E-state index in [2.05, 4.69) is 4.98 Å². The maximum absolute atomic E-state index is 12.5. The van der Waals surface area contributed by atoms with Crippen LogP contribution in [-0.4, -0.2) is 11.2 Å². The maximum atomic E-state index is 12.5. The third kappa shape index (κ3) is 2.13. The van der Waals surface area contributed by atoms with E-state index in [1.807, 2.05) is 0 Å². The molecule has 0 saturated heterocycles. The average Bonchev–Trinajstić information content (AvgIpc) is 2.02. The molecule has 0 saturated carbocycles. The molecule has 0 aliphatic carbocycles. The number of nitrogens with zero attached hydrogens (tertiary/aromatic N) is 1. The molecule has 6 heteroatoms. The zero-order valence-corrected chi connectivity index (χ0v) is 6.15. The van der Waals surface area contributed by atoms with Crippen LogP contribution >= 0.6 is 0 Å². The van der Waals surface area contributed by atoms with Crippen molar-refractivity contribution in [3.63, 3.8) is 0 Å². The number of hydrogen-bond acceptors (Lipinski definition) is 1. The lowest BCUT2D eigenvalue weighted by Gasteiger charge is -2.11. The first-order valence-electron chi connectivity index (χ1n) is 3.24. The van der Waals surface area contributed by atoms with E-state index in [4.69, 9.17) is 0 Å². The van der Waals surface area contributed by atoms with Gasteiger partial charge >= 0.3 is 6.18 Å². The van der Waals surface area contributed by atoms with E-state index in [0.29, 0.717) is 6.07 Å². The first kappa shape index (κ1) is 9.88. The van der Waals surface area contributed by atoms with E-state index in [9.17, 15) is 22.0 Å². The second kappa shape index (κ2) is 3.27. The summed E-state index contributed by atoms with van der Waals surface area (Å²) in [6.07, 6.45) is -7.47. The van der Waals surface area contributed by atoms with Crippen LogP contribution in [0.3, 0.4) is 0 Å². The Morgan fingerprint density at radius 2 is 1.92 bits per heavy atom. The van der Waals surface area contributed by atoms with Crippen molar-refractivity contribution in [2.24, 2.45) is 0 Å². The van der Waals surface area contributed by atoms with Gasteiger partial charge in [0.2, 0.25) is 12.1 Å². The third-order valence-electron chi connectivity index (χ3n) is 1.35. The van der Waals surface area contributed by atoms with E-state index in [1.54, 1.807) is 0 Å². The number of alkyl halides is 4. The summed E-state index contributed by atoms with van der Waals surface area (Å²) < 4.78 is 60.3. The molecule has 0 fully saturated rings. The van der Waals surface area contributed by atoms with Crippen molar-refractivity contribution in [3.8, 4) is 0 Å². The lowest BCUT2D eigenvalue weighted by molar-refractivity contribution is -0.183. The Kier molecular flexibility index (Phi) is 2.49. The summed E-state index contributed by atoms with van der Waals surface area (Å²) in [7, 11) is 0. The Balaban J connectivity index is 3.02. The van der Waals surface area contributed by atoms with Gasteiger partial charge in [0, 0.05) is 6.20 Å². The Morgan fingerprint density at radius 3 is 2.38 bits per heavy atom. The van der Waals surface area contributed by atoms with Crippen LogP contribution in [0, 0.1) is 5.95 Å². The highest BCUT2D eigenvalue weighted by atomic mass is 19.4. The fourth-order valence-corrected chi connectivity index (χ4v) is 0.764. The SMILES string of the molecule is Fc1ncccc1C(F)C(F)(F)F. The second-order valence-electron chi connectivity index (χ2n) is 2.29. The molecule has 1 nitrogen and oxygen atoms in total. The zero-order valence-electron chi connectivity index (χ0n) is 6.15. The zero-order chi connectivity index (χ0) is 10.1. The van der Waals surface area contributed by atoms with Gasteiger partial charge in [-0.1, -0.05) is 0 Å². The smallest absolute Gasteiger partial charge is 0.232 e. The lowest BCUT2D eigenvalue weighted by atomic mass is 10.2. The Hall–Kier alpha value is -1.20. The molecule has 0 radical (unpaired) electrons. The van der Waals surface area contributed by atoms with Crippen molar-refractivity contribution in [3.05, 3.63) is 29.8 Å². The third-order valence-corrected chi connectivity index (χ3v) is 1.35. The quantitative estimate of drug-likeness (QED) is 0.498. The minimum atomic E-state index is -5.09. The van der Waals surface area contributed by atoms with Gasteiger partial charge in [-0.15, -0.1) is 0 Å². The molecular formula is C7H4F5N. The summed E-state index contributed by atoms with van der Waals surface area (Å²) in [5.74, 6) is -1.44. The van der Waals surface area contributed by atoms with E-state index in [1.165, 1.54) is 0 Å². The van der Waals surface area contributed by atoms with Crippen molar-refractivity contribution >= 4 is 0 Å². The van der Waals surface area contributed by atoms with Crippen LogP contribution in [0.4, 0.5) is 22.0 Å². The van der Waals surface area contributed by atoms with Crippen molar-refractivity contribution in [2.75, 3.05) is 0 Å². The van der Waals surface area contributed by atoms with Gasteiger partial charge < -0.3 is 0 Å². The summed E-state index contributed by atoms with van der Waals surface area (Å²) in [5.41, 5.74) is -1.09. The van der Waals surface area contributed by atoms with E-state index in [-0.39, 0.29) is 0 Å². The molecule has 0 bridgehead atoms. The van der Waals surface area contributed by atoms with Crippen LogP contribution < -0.4 is 0 Å². The van der Waals surface area contributed by atoms with E-state index >= 15 is 0 Å². The highest BCUT2D eigenvalue weighted by Gasteiger charge is 2.42. The maximum Gasteiger partial charge on any atom is 0.424 e. The number of pyridine rings is 1. The van der Waals surface area contributed by atoms with Crippen LogP contribution in [0.1, 0.15) is 11.7 Å². The summed E-state index contributed by atoms with van der Waals surface area (Å²) in [4.78, 5) is 2.91. The van der Waals surface area contributed by atoms with Gasteiger partial charge in [-0.2, -0.15) is 17.6 Å². The van der Waals surface area contributed by atoms with Crippen LogP contribution in [0.2, 0.25) is 0 Å². The molecule has 1 aromatic heterocycles. The lowest BCUT2D eigenvalue weighted by Crippen LogP contribution is -2.18. The Bertz CT molecular complexity index is 295. The molecule has 0 amide bonds. The summed E-state index contributed by atoms with van der Waals surface area (Å²) in [6.45, 7) is 0. The van der Waals surface area contributed by atoms with Crippen molar-refractivity contribution in [1.29, 1.82) is 0 Å². The molecule has 0 aliphatic heterocycles. The Morgan fingerprint density at radius 1 is 1.31 bits per heavy atom. The van der Waals surface area contributed by atoms with Gasteiger partial charge in [0.1, 0.15) is 0 Å². The first-order valence-corrected chi connectivity index (χ1v) is 3.24. The van der Waals surface area contributed by atoms with E-state index < -0.39 is 23.9 Å². The topological polar surface area (TPSA) is 12.9 Å². The molecule has 0 aromatic carbocycles. The predicted molar refractivity (Wildman–Crippen MR) is 34.1 cm³/mol. The normalized spacial score (nSPS) is 14.2. The number of aromatic nitrogens is 1. The molecule has 72 valence electrons. The van der Waals surface area contributed by atoms with Crippen molar-refractivity contribution < 1.29 is 22.0 Å². The van der Waals surface area contributed by atoms with Crippen LogP contribution in [-0.2, 0) is 0 Å². The second-order valence-corrected chi connectivity index (χ2v) is 2.29. The van der Waals surface area contributed by atoms with Crippen molar-refractivity contribution in [1.82, 2.24) is 4.98 Å². The largest absolute Gasteiger partial charge is 0.424 e. The summed E-state index contributed by atoms with van der Waals surface area (Å²) >= 11 is 0. The minimum absolute atomic E-state index is 0.709. The predicted octanol–water partition coefficient (Wildman–Crippen LogP) is 2.79. The molecule has 0 aliphatic rings. The highest BCUT2D eigenvalue weighted by molar-refractivity contribution is 5.15. The fraction of sp³-hybridized carbons (Fsp3) is 0.286. The van der Waals surface area contributed by atoms with Crippen LogP contribution in [0.15, 0.2) is 18.3 Å². The monoisotopic (exact) mass is 197 g/mol. The Labute approximate surface area is 70.2 Å². The minimum Gasteiger partial charge on any atom is -0.232 e. The van der Waals surface area contributed by atoms with Gasteiger partial charge in [0.25, 0.3) is 0 Å². The van der Waals surface area contributed by atoms with Crippen molar-refractivity contribution in [2.45, 2.75) is 12.3 Å². The van der Waals surface area contributed by atoms with Gasteiger partial charge in [-0.25, -0.2) is 9.37 Å². The first-order chi connectivity index (χ1) is 5.93. The fourth-order valence-electron chi connectivity index (χ4n) is 0.764. The molecule has 0 N–H and O–H groups in total. The molecule has 1 heterocycles. The standard InChI is InChI=1S/C7H4F5N/c8-5(7(10,11)12)4-2-1-3-13-6(4)9/h1-3,5H. The highest BCUT2D eigenvalue weighted by Crippen LogP contribution is 2.36. The molecule has 1 unspecified atom stereocenters. The molecule has 13 heavy (non-hydrogen) atoms. The number of halogens is 5. The van der Waals surface area contributed by atoms with Gasteiger partial charge in [0.15, 0.2) is 0 Å². The summed E-state index contributed by atoms with van der Waals surface area (Å²) in [6, 6.07) is 1.75. The average molecular weight is 197 g/mol. The summed E-state index contributed by atoms with van der Waals surface area (Å²) in [5, 5.41) is 0. The van der Waals surface area contributed by atoms with Gasteiger partial charge in [0.05, 0.1) is 5.56 Å². The number of rotatable bonds is 1. The van der Waals surface area contributed by atoms with E-state index in [0.717, 1.165) is 12.3 Å². The molecule has 1 aromatic rings. The van der Waals surface area contributed by atoms with Crippen LogP contribution in [0.25, 0.3) is 0 Å². The van der Waals surface area contributed by atoms with Crippen LogP contribution in [0.5, 0.6) is 0 Å². The molecule has 0 spiro atoms. The number of hydrogen-bond donors (Lipinski definition) is 0. The molecule has 1 rings (SSSR count).